The minimum absolute atomic E-state index is 0.160. The molecular formula is C20H26N4O2. The van der Waals surface area contributed by atoms with Crippen LogP contribution < -0.4 is 0 Å². The van der Waals surface area contributed by atoms with Gasteiger partial charge >= 0.3 is 0 Å². The predicted octanol–water partition coefficient (Wildman–Crippen LogP) is 2.71. The lowest BCUT2D eigenvalue weighted by Gasteiger charge is -2.34. The third-order valence-corrected chi connectivity index (χ3v) is 5.62. The van der Waals surface area contributed by atoms with Gasteiger partial charge in [0.05, 0.1) is 5.92 Å². The molecule has 2 aliphatic heterocycles. The lowest BCUT2D eigenvalue weighted by Crippen LogP contribution is -2.43. The second-order valence-electron chi connectivity index (χ2n) is 7.32. The van der Waals surface area contributed by atoms with E-state index in [1.807, 2.05) is 35.2 Å². The molecule has 4 rings (SSSR count). The van der Waals surface area contributed by atoms with Gasteiger partial charge < -0.3 is 14.2 Å². The van der Waals surface area contributed by atoms with Gasteiger partial charge in [-0.25, -0.2) is 0 Å². The van der Waals surface area contributed by atoms with E-state index in [1.54, 1.807) is 7.11 Å². The van der Waals surface area contributed by atoms with E-state index in [2.05, 4.69) is 14.8 Å². The zero-order chi connectivity index (χ0) is 17.9. The number of fused-ring (bicyclic) bond motifs is 1. The highest BCUT2D eigenvalue weighted by Crippen LogP contribution is 2.32. The van der Waals surface area contributed by atoms with E-state index in [-0.39, 0.29) is 11.8 Å². The molecule has 1 atom stereocenters. The van der Waals surface area contributed by atoms with Crippen molar-refractivity contribution >= 4 is 5.91 Å². The number of hydrogen-bond donors (Lipinski definition) is 0. The van der Waals surface area contributed by atoms with Crippen molar-refractivity contribution in [2.45, 2.75) is 38.1 Å². The Kier molecular flexibility index (Phi) is 5.02. The molecule has 26 heavy (non-hydrogen) atoms. The molecule has 1 unspecified atom stereocenters. The van der Waals surface area contributed by atoms with E-state index in [1.165, 1.54) is 0 Å². The van der Waals surface area contributed by atoms with E-state index < -0.39 is 0 Å². The van der Waals surface area contributed by atoms with Crippen LogP contribution in [0.2, 0.25) is 0 Å². The summed E-state index contributed by atoms with van der Waals surface area (Å²) in [6.45, 7) is 3.32. The maximum atomic E-state index is 13.1. The van der Waals surface area contributed by atoms with Crippen LogP contribution in [0.4, 0.5) is 0 Å². The first-order valence-electron chi connectivity index (χ1n) is 9.54. The van der Waals surface area contributed by atoms with E-state index in [0.717, 1.165) is 69.1 Å². The largest absolute Gasteiger partial charge is 0.384 e. The first kappa shape index (κ1) is 17.2. The second kappa shape index (κ2) is 7.58. The molecule has 2 aromatic rings. The Morgan fingerprint density at radius 1 is 1.12 bits per heavy atom. The maximum absolute atomic E-state index is 13.1. The second-order valence-corrected chi connectivity index (χ2v) is 7.32. The highest BCUT2D eigenvalue weighted by Gasteiger charge is 2.35. The lowest BCUT2D eigenvalue weighted by molar-refractivity contribution is -0.135. The number of ether oxygens (including phenoxy) is 1. The Morgan fingerprint density at radius 2 is 1.88 bits per heavy atom. The summed E-state index contributed by atoms with van der Waals surface area (Å²) in [6, 6.07) is 10.1. The number of methoxy groups -OCH3 is 1. The topological polar surface area (TPSA) is 60.2 Å². The van der Waals surface area contributed by atoms with E-state index in [4.69, 9.17) is 4.74 Å². The van der Waals surface area contributed by atoms with Gasteiger partial charge in [-0.3, -0.25) is 4.79 Å². The summed E-state index contributed by atoms with van der Waals surface area (Å²) in [7, 11) is 1.75. The monoisotopic (exact) mass is 354 g/mol. The fourth-order valence-corrected chi connectivity index (χ4v) is 4.19. The van der Waals surface area contributed by atoms with Crippen LogP contribution in [0.3, 0.4) is 0 Å². The number of rotatable bonds is 4. The number of amides is 1. The molecule has 3 heterocycles. The van der Waals surface area contributed by atoms with Crippen LogP contribution in [-0.4, -0.2) is 52.4 Å². The van der Waals surface area contributed by atoms with Gasteiger partial charge in [0.1, 0.15) is 5.82 Å². The smallest absolute Gasteiger partial charge is 0.233 e. The average Bonchev–Trinajstić information content (AvgIpc) is 3.13. The lowest BCUT2D eigenvalue weighted by atomic mass is 9.93. The molecular weight excluding hydrogens is 328 g/mol. The summed E-state index contributed by atoms with van der Waals surface area (Å²) in [6.07, 6.45) is 3.90. The van der Waals surface area contributed by atoms with Gasteiger partial charge in [0.15, 0.2) is 5.82 Å². The van der Waals surface area contributed by atoms with Crippen molar-refractivity contribution in [1.29, 1.82) is 0 Å². The number of carbonyl (C=O) groups excluding carboxylic acids is 1. The fraction of sp³-hybridized carbons (Fsp3) is 0.550. The summed E-state index contributed by atoms with van der Waals surface area (Å²) in [5.41, 5.74) is 1.06. The summed E-state index contributed by atoms with van der Waals surface area (Å²) >= 11 is 0. The SMILES string of the molecule is COCC1CCN(C(=O)C2CCCn3c(-c4ccccc4)nnc32)CC1. The van der Waals surface area contributed by atoms with E-state index in [9.17, 15) is 4.79 Å². The van der Waals surface area contributed by atoms with Crippen LogP contribution in [0, 0.1) is 5.92 Å². The minimum Gasteiger partial charge on any atom is -0.384 e. The third kappa shape index (κ3) is 3.26. The van der Waals surface area contributed by atoms with Crippen LogP contribution in [0.15, 0.2) is 30.3 Å². The summed E-state index contributed by atoms with van der Waals surface area (Å²) in [4.78, 5) is 15.2. The van der Waals surface area contributed by atoms with E-state index >= 15 is 0 Å². The highest BCUT2D eigenvalue weighted by molar-refractivity contribution is 5.83. The molecule has 1 aromatic carbocycles. The molecule has 0 bridgehead atoms. The van der Waals surface area contributed by atoms with Crippen LogP contribution in [0.1, 0.15) is 37.4 Å². The first-order valence-corrected chi connectivity index (χ1v) is 9.54. The Bertz CT molecular complexity index is 750. The molecule has 0 radical (unpaired) electrons. The number of hydrogen-bond acceptors (Lipinski definition) is 4. The number of nitrogens with zero attached hydrogens (tertiary/aromatic N) is 4. The van der Waals surface area contributed by atoms with Gasteiger partial charge in [0.25, 0.3) is 0 Å². The number of piperidine rings is 1. The molecule has 1 saturated heterocycles. The van der Waals surface area contributed by atoms with E-state index in [0.29, 0.717) is 5.92 Å². The highest BCUT2D eigenvalue weighted by atomic mass is 16.5. The molecule has 6 nitrogen and oxygen atoms in total. The Balaban J connectivity index is 1.52. The fourth-order valence-electron chi connectivity index (χ4n) is 4.19. The molecule has 0 aliphatic carbocycles. The van der Waals surface area contributed by atoms with Crippen LogP contribution in [-0.2, 0) is 16.1 Å². The molecule has 1 aromatic heterocycles. The van der Waals surface area contributed by atoms with Crippen LogP contribution in [0.25, 0.3) is 11.4 Å². The molecule has 1 amide bonds. The Morgan fingerprint density at radius 3 is 2.62 bits per heavy atom. The number of carbonyl (C=O) groups is 1. The molecule has 0 saturated carbocycles. The van der Waals surface area contributed by atoms with Crippen molar-refractivity contribution in [2.24, 2.45) is 5.92 Å². The van der Waals surface area contributed by atoms with Crippen molar-refractivity contribution < 1.29 is 9.53 Å². The van der Waals surface area contributed by atoms with Crippen LogP contribution >= 0.6 is 0 Å². The average molecular weight is 354 g/mol. The maximum Gasteiger partial charge on any atom is 0.233 e. The zero-order valence-corrected chi connectivity index (χ0v) is 15.3. The third-order valence-electron chi connectivity index (χ3n) is 5.62. The number of likely N-dealkylation sites (tertiary alicyclic amines) is 1. The van der Waals surface area contributed by atoms with Crippen molar-refractivity contribution in [1.82, 2.24) is 19.7 Å². The Hall–Kier alpha value is -2.21. The van der Waals surface area contributed by atoms with Crippen LogP contribution in [0.5, 0.6) is 0 Å². The molecule has 138 valence electrons. The predicted molar refractivity (Wildman–Crippen MR) is 98.6 cm³/mol. The van der Waals surface area contributed by atoms with Crippen molar-refractivity contribution in [3.05, 3.63) is 36.2 Å². The van der Waals surface area contributed by atoms with Gasteiger partial charge in [0, 0.05) is 38.9 Å². The normalized spacial score (nSPS) is 20.8. The molecule has 1 fully saturated rings. The quantitative estimate of drug-likeness (QED) is 0.847. The Labute approximate surface area is 154 Å². The molecule has 0 spiro atoms. The van der Waals surface area contributed by atoms with Gasteiger partial charge in [-0.15, -0.1) is 10.2 Å². The van der Waals surface area contributed by atoms with Crippen molar-refractivity contribution in [3.63, 3.8) is 0 Å². The van der Waals surface area contributed by atoms with Gasteiger partial charge in [-0.05, 0) is 31.6 Å². The van der Waals surface area contributed by atoms with Gasteiger partial charge in [-0.1, -0.05) is 30.3 Å². The molecule has 2 aliphatic rings. The van der Waals surface area contributed by atoms with Gasteiger partial charge in [0.2, 0.25) is 5.91 Å². The summed E-state index contributed by atoms with van der Waals surface area (Å²) in [5, 5.41) is 8.83. The minimum atomic E-state index is -0.160. The molecule has 6 heteroatoms. The number of aromatic nitrogens is 3. The number of benzene rings is 1. The standard InChI is InChI=1S/C20H26N4O2/c1-26-14-15-9-12-23(13-10-15)20(25)17-8-5-11-24-18(21-22-19(17)24)16-6-3-2-4-7-16/h2-4,6-7,15,17H,5,8-14H2,1H3. The van der Waals surface area contributed by atoms with Crippen molar-refractivity contribution in [2.75, 3.05) is 26.8 Å². The van der Waals surface area contributed by atoms with Gasteiger partial charge in [-0.2, -0.15) is 0 Å². The summed E-state index contributed by atoms with van der Waals surface area (Å²) < 4.78 is 7.40. The van der Waals surface area contributed by atoms with Crippen molar-refractivity contribution in [3.8, 4) is 11.4 Å². The first-order chi connectivity index (χ1) is 12.8. The molecule has 0 N–H and O–H groups in total. The zero-order valence-electron chi connectivity index (χ0n) is 15.3. The summed E-state index contributed by atoms with van der Waals surface area (Å²) in [5.74, 6) is 2.33.